The van der Waals surface area contributed by atoms with Crippen LogP contribution in [0.3, 0.4) is 0 Å². The first kappa shape index (κ1) is 19.2. The van der Waals surface area contributed by atoms with E-state index in [2.05, 4.69) is 5.32 Å². The topological polar surface area (TPSA) is 89.4 Å². The van der Waals surface area contributed by atoms with Gasteiger partial charge in [0.2, 0.25) is 5.79 Å². The number of hydrogen-bond donors (Lipinski definition) is 3. The second-order valence-electron chi connectivity index (χ2n) is 7.54. The first-order chi connectivity index (χ1) is 13.3. The minimum Gasteiger partial charge on any atom is -0.457 e. The molecule has 0 radical (unpaired) electrons. The summed E-state index contributed by atoms with van der Waals surface area (Å²) >= 11 is 0. The van der Waals surface area contributed by atoms with Crippen molar-refractivity contribution in [3.8, 4) is 11.5 Å². The Balaban J connectivity index is 1.41. The van der Waals surface area contributed by atoms with Gasteiger partial charge in [0.25, 0.3) is 0 Å². The highest BCUT2D eigenvalue weighted by atomic mass is 16.8. The van der Waals surface area contributed by atoms with Crippen LogP contribution in [0.5, 0.6) is 11.5 Å². The summed E-state index contributed by atoms with van der Waals surface area (Å²) in [5.41, 5.74) is 0.726. The van der Waals surface area contributed by atoms with Crippen molar-refractivity contribution < 1.29 is 29.2 Å². The van der Waals surface area contributed by atoms with Crippen LogP contribution in [0.2, 0.25) is 0 Å². The number of ether oxygens (including phenoxy) is 4. The third-order valence-corrected chi connectivity index (χ3v) is 4.85. The highest BCUT2D eigenvalue weighted by molar-refractivity contribution is 5.49. The van der Waals surface area contributed by atoms with Crippen molar-refractivity contribution in [2.75, 3.05) is 18.5 Å². The molecule has 0 saturated carbocycles. The predicted molar refractivity (Wildman–Crippen MR) is 102 cm³/mol. The summed E-state index contributed by atoms with van der Waals surface area (Å²) < 4.78 is 22.8. The molecule has 2 heterocycles. The van der Waals surface area contributed by atoms with Crippen LogP contribution in [0.4, 0.5) is 5.69 Å². The van der Waals surface area contributed by atoms with Gasteiger partial charge in [-0.1, -0.05) is 24.3 Å². The van der Waals surface area contributed by atoms with Crippen LogP contribution >= 0.6 is 0 Å². The number of nitrogens with one attached hydrogen (secondary N) is 1. The van der Waals surface area contributed by atoms with Crippen LogP contribution < -0.4 is 10.1 Å². The Hall–Kier alpha value is -2.16. The molecule has 2 aliphatic rings. The molecule has 0 spiro atoms. The molecule has 0 amide bonds. The number of aliphatic hydroxyl groups is 2. The van der Waals surface area contributed by atoms with Crippen LogP contribution in [0.25, 0.3) is 0 Å². The molecule has 0 bridgehead atoms. The maximum atomic E-state index is 10.8. The highest BCUT2D eigenvalue weighted by Crippen LogP contribution is 2.37. The number of aliphatic hydroxyl groups excluding tert-OH is 1. The van der Waals surface area contributed by atoms with Crippen molar-refractivity contribution in [2.45, 2.75) is 43.7 Å². The SMILES string of the molecule is CC1(C)O[C@@H]2[C@@H](CO[C@](O)(CNc3cccc(Oc4ccccc4)c3)[C@H]2O)O1. The van der Waals surface area contributed by atoms with E-state index in [0.717, 1.165) is 11.4 Å². The average Bonchev–Trinajstić information content (AvgIpc) is 3.00. The molecule has 2 aliphatic heterocycles. The third kappa shape index (κ3) is 3.99. The molecular weight excluding hydrogens is 362 g/mol. The fourth-order valence-electron chi connectivity index (χ4n) is 3.51. The Morgan fingerprint density at radius 3 is 2.61 bits per heavy atom. The Kier molecular flexibility index (Phi) is 5.03. The van der Waals surface area contributed by atoms with Gasteiger partial charge in [0, 0.05) is 11.8 Å². The first-order valence-electron chi connectivity index (χ1n) is 9.32. The normalized spacial score (nSPS) is 31.2. The Bertz CT molecular complexity index is 814. The molecule has 150 valence electrons. The minimum absolute atomic E-state index is 0.0179. The number of anilines is 1. The van der Waals surface area contributed by atoms with Gasteiger partial charge in [-0.15, -0.1) is 0 Å². The van der Waals surface area contributed by atoms with Crippen molar-refractivity contribution in [3.05, 3.63) is 54.6 Å². The van der Waals surface area contributed by atoms with Gasteiger partial charge in [0.1, 0.15) is 29.8 Å². The highest BCUT2D eigenvalue weighted by Gasteiger charge is 2.56. The molecule has 0 aromatic heterocycles. The molecule has 2 saturated heterocycles. The van der Waals surface area contributed by atoms with Gasteiger partial charge in [-0.3, -0.25) is 0 Å². The number of fused-ring (bicyclic) bond motifs is 1. The quantitative estimate of drug-likeness (QED) is 0.726. The van der Waals surface area contributed by atoms with Crippen molar-refractivity contribution in [2.24, 2.45) is 0 Å². The van der Waals surface area contributed by atoms with E-state index in [1.807, 2.05) is 54.6 Å². The maximum absolute atomic E-state index is 10.8. The lowest BCUT2D eigenvalue weighted by atomic mass is 9.97. The molecule has 2 fully saturated rings. The number of rotatable bonds is 5. The van der Waals surface area contributed by atoms with Crippen molar-refractivity contribution in [1.82, 2.24) is 0 Å². The summed E-state index contributed by atoms with van der Waals surface area (Å²) in [6, 6.07) is 16.8. The van der Waals surface area contributed by atoms with E-state index in [1.165, 1.54) is 0 Å². The standard InChI is InChI=1S/C21H25NO6/c1-20(2)27-17-12-25-21(24,19(23)18(17)28-20)13-22-14-7-6-10-16(11-14)26-15-8-4-3-5-9-15/h3-11,17-19,22-24H,12-13H2,1-2H3/t17-,18-,19+,21-/m1/s1. The van der Waals surface area contributed by atoms with Crippen LogP contribution in [0, 0.1) is 0 Å². The third-order valence-electron chi connectivity index (χ3n) is 4.85. The number of hydrogen-bond acceptors (Lipinski definition) is 7. The van der Waals surface area contributed by atoms with E-state index < -0.39 is 29.9 Å². The van der Waals surface area contributed by atoms with Crippen molar-refractivity contribution >= 4 is 5.69 Å². The zero-order valence-electron chi connectivity index (χ0n) is 15.9. The Morgan fingerprint density at radius 2 is 1.82 bits per heavy atom. The van der Waals surface area contributed by atoms with E-state index in [-0.39, 0.29) is 13.2 Å². The summed E-state index contributed by atoms with van der Waals surface area (Å²) in [5.74, 6) is -1.22. The fraction of sp³-hybridized carbons (Fsp3) is 0.429. The molecule has 7 heteroatoms. The van der Waals surface area contributed by atoms with E-state index >= 15 is 0 Å². The molecule has 2 aromatic rings. The summed E-state index contributed by atoms with van der Waals surface area (Å²) in [6.07, 6.45) is -2.31. The Labute approximate surface area is 163 Å². The summed E-state index contributed by atoms with van der Waals surface area (Å²) in [6.45, 7) is 3.66. The van der Waals surface area contributed by atoms with Gasteiger partial charge < -0.3 is 34.5 Å². The lowest BCUT2D eigenvalue weighted by Crippen LogP contribution is -2.62. The van der Waals surface area contributed by atoms with Gasteiger partial charge in [-0.25, -0.2) is 0 Å². The van der Waals surface area contributed by atoms with Crippen LogP contribution in [0.15, 0.2) is 54.6 Å². The van der Waals surface area contributed by atoms with Gasteiger partial charge in [0.15, 0.2) is 5.79 Å². The lowest BCUT2D eigenvalue weighted by Gasteiger charge is -2.41. The zero-order chi connectivity index (χ0) is 19.8. The largest absolute Gasteiger partial charge is 0.457 e. The van der Waals surface area contributed by atoms with Gasteiger partial charge >= 0.3 is 0 Å². The van der Waals surface area contributed by atoms with Crippen molar-refractivity contribution in [1.29, 1.82) is 0 Å². The number of benzene rings is 2. The predicted octanol–water partition coefficient (Wildman–Crippen LogP) is 2.49. The van der Waals surface area contributed by atoms with Crippen LogP contribution in [0.1, 0.15) is 13.8 Å². The van der Waals surface area contributed by atoms with Gasteiger partial charge in [-0.2, -0.15) is 0 Å². The smallest absolute Gasteiger partial charge is 0.212 e. The Morgan fingerprint density at radius 1 is 1.07 bits per heavy atom. The van der Waals surface area contributed by atoms with Crippen molar-refractivity contribution in [3.63, 3.8) is 0 Å². The van der Waals surface area contributed by atoms with Gasteiger partial charge in [0.05, 0.1) is 13.2 Å². The fourth-order valence-corrected chi connectivity index (χ4v) is 3.51. The molecule has 28 heavy (non-hydrogen) atoms. The molecule has 0 unspecified atom stereocenters. The van der Waals surface area contributed by atoms with Gasteiger partial charge in [-0.05, 0) is 38.1 Å². The van der Waals surface area contributed by atoms with E-state index in [1.54, 1.807) is 13.8 Å². The summed E-state index contributed by atoms with van der Waals surface area (Å²) in [7, 11) is 0. The first-order valence-corrected chi connectivity index (χ1v) is 9.32. The molecule has 7 nitrogen and oxygen atoms in total. The summed E-state index contributed by atoms with van der Waals surface area (Å²) in [4.78, 5) is 0. The van der Waals surface area contributed by atoms with Crippen LogP contribution in [-0.4, -0.2) is 53.3 Å². The molecule has 3 N–H and O–H groups in total. The van der Waals surface area contributed by atoms with E-state index in [9.17, 15) is 10.2 Å². The summed E-state index contributed by atoms with van der Waals surface area (Å²) in [5, 5.41) is 24.5. The molecule has 4 atom stereocenters. The monoisotopic (exact) mass is 387 g/mol. The zero-order valence-corrected chi connectivity index (χ0v) is 15.9. The minimum atomic E-state index is -1.79. The molecule has 0 aliphatic carbocycles. The maximum Gasteiger partial charge on any atom is 0.212 e. The van der Waals surface area contributed by atoms with E-state index in [0.29, 0.717) is 5.75 Å². The second kappa shape index (κ2) is 7.35. The molecule has 2 aromatic carbocycles. The molecule has 4 rings (SSSR count). The molecular formula is C21H25NO6. The average molecular weight is 387 g/mol. The van der Waals surface area contributed by atoms with Crippen LogP contribution in [-0.2, 0) is 14.2 Å². The van der Waals surface area contributed by atoms with E-state index in [4.69, 9.17) is 18.9 Å². The lowest BCUT2D eigenvalue weighted by molar-refractivity contribution is -0.298. The second-order valence-corrected chi connectivity index (χ2v) is 7.54. The number of para-hydroxylation sites is 1.